The Morgan fingerprint density at radius 2 is 2.33 bits per heavy atom. The summed E-state index contributed by atoms with van der Waals surface area (Å²) in [5.74, 6) is 0.603. The summed E-state index contributed by atoms with van der Waals surface area (Å²) in [4.78, 5) is 4.21. The number of nitrogens with one attached hydrogen (secondary N) is 1. The number of anilines is 1. The molecule has 1 aliphatic heterocycles. The van der Waals surface area contributed by atoms with E-state index in [9.17, 15) is 0 Å². The first-order chi connectivity index (χ1) is 8.50. The molecule has 1 aliphatic carbocycles. The summed E-state index contributed by atoms with van der Waals surface area (Å²) in [6, 6.07) is 2.33. The molecule has 2 heterocycles. The van der Waals surface area contributed by atoms with Crippen LogP contribution < -0.4 is 5.32 Å². The van der Waals surface area contributed by atoms with Crippen molar-refractivity contribution in [2.24, 2.45) is 11.3 Å². The van der Waals surface area contributed by atoms with Crippen LogP contribution in [0.2, 0.25) is 5.02 Å². The zero-order valence-corrected chi connectivity index (χ0v) is 12.8. The van der Waals surface area contributed by atoms with E-state index in [0.29, 0.717) is 23.1 Å². The average Bonchev–Trinajstić information content (AvgIpc) is 2.77. The van der Waals surface area contributed by atoms with Crippen molar-refractivity contribution in [1.29, 1.82) is 0 Å². The molecule has 3 nitrogen and oxygen atoms in total. The first kappa shape index (κ1) is 12.7. The molecule has 0 radical (unpaired) electrons. The van der Waals surface area contributed by atoms with Gasteiger partial charge in [-0.2, -0.15) is 0 Å². The van der Waals surface area contributed by atoms with Crippen LogP contribution in [0.4, 0.5) is 5.69 Å². The lowest BCUT2D eigenvalue weighted by Crippen LogP contribution is -2.63. The van der Waals surface area contributed by atoms with Gasteiger partial charge in [-0.3, -0.25) is 0 Å². The predicted molar refractivity (Wildman–Crippen MR) is 76.0 cm³/mol. The maximum Gasteiger partial charge on any atom is 0.129 e. The number of pyridine rings is 1. The molecule has 5 heteroatoms. The lowest BCUT2D eigenvalue weighted by Gasteiger charge is -2.55. The minimum atomic E-state index is 0.156. The number of halogens is 2. The molecule has 1 saturated heterocycles. The number of aromatic nitrogens is 1. The number of fused-ring (bicyclic) bond motifs is 1. The molecule has 2 aliphatic rings. The Morgan fingerprint density at radius 1 is 1.56 bits per heavy atom. The van der Waals surface area contributed by atoms with Gasteiger partial charge in [-0.25, -0.2) is 4.98 Å². The van der Waals surface area contributed by atoms with Crippen LogP contribution in [0.5, 0.6) is 0 Å². The summed E-state index contributed by atoms with van der Waals surface area (Å²) in [7, 11) is 0. The number of rotatable bonds is 2. The van der Waals surface area contributed by atoms with Crippen LogP contribution in [0.25, 0.3) is 0 Å². The van der Waals surface area contributed by atoms with E-state index in [0.717, 1.165) is 23.3 Å². The van der Waals surface area contributed by atoms with Crippen LogP contribution in [0.15, 0.2) is 16.9 Å². The maximum atomic E-state index is 6.00. The van der Waals surface area contributed by atoms with Crippen molar-refractivity contribution in [3.05, 3.63) is 21.9 Å². The molecular weight excluding hydrogens is 316 g/mol. The highest BCUT2D eigenvalue weighted by Gasteiger charge is 2.59. The van der Waals surface area contributed by atoms with Gasteiger partial charge in [0.1, 0.15) is 4.60 Å². The van der Waals surface area contributed by atoms with Crippen molar-refractivity contribution in [2.45, 2.75) is 32.4 Å². The summed E-state index contributed by atoms with van der Waals surface area (Å²) in [6.07, 6.45) is 3.17. The maximum absolute atomic E-state index is 6.00. The van der Waals surface area contributed by atoms with E-state index < -0.39 is 0 Å². The molecule has 3 rings (SSSR count). The van der Waals surface area contributed by atoms with Gasteiger partial charge in [0, 0.05) is 30.2 Å². The summed E-state index contributed by atoms with van der Waals surface area (Å²) >= 11 is 9.45. The van der Waals surface area contributed by atoms with E-state index in [-0.39, 0.29) is 5.41 Å². The minimum absolute atomic E-state index is 0.156. The summed E-state index contributed by atoms with van der Waals surface area (Å²) in [5.41, 5.74) is 1.12. The Kier molecular flexibility index (Phi) is 3.07. The third-order valence-electron chi connectivity index (χ3n) is 4.22. The molecule has 0 aromatic carbocycles. The second-order valence-electron chi connectivity index (χ2n) is 5.68. The smallest absolute Gasteiger partial charge is 0.129 e. The summed E-state index contributed by atoms with van der Waals surface area (Å²) < 4.78 is 6.61. The fraction of sp³-hybridized carbons (Fsp3) is 0.615. The highest BCUT2D eigenvalue weighted by Crippen LogP contribution is 2.53. The van der Waals surface area contributed by atoms with Crippen LogP contribution in [0, 0.1) is 11.3 Å². The SMILES string of the molecule is CC1(C)C(Nc2cc(Cl)cnc2Br)C2CCOC21. The Morgan fingerprint density at radius 3 is 3.11 bits per heavy atom. The minimum Gasteiger partial charge on any atom is -0.379 e. The molecule has 2 fully saturated rings. The van der Waals surface area contributed by atoms with Crippen LogP contribution in [0.1, 0.15) is 20.3 Å². The third kappa shape index (κ3) is 1.86. The van der Waals surface area contributed by atoms with E-state index in [1.807, 2.05) is 6.07 Å². The monoisotopic (exact) mass is 330 g/mol. The van der Waals surface area contributed by atoms with Crippen molar-refractivity contribution in [1.82, 2.24) is 4.98 Å². The van der Waals surface area contributed by atoms with Crippen molar-refractivity contribution in [3.63, 3.8) is 0 Å². The van der Waals surface area contributed by atoms with Gasteiger partial charge < -0.3 is 10.1 Å². The van der Waals surface area contributed by atoms with Gasteiger partial charge >= 0.3 is 0 Å². The fourth-order valence-electron chi connectivity index (χ4n) is 3.31. The van der Waals surface area contributed by atoms with Crippen molar-refractivity contribution in [3.8, 4) is 0 Å². The molecule has 3 atom stereocenters. The Labute approximate surface area is 120 Å². The molecule has 98 valence electrons. The largest absolute Gasteiger partial charge is 0.379 e. The zero-order chi connectivity index (χ0) is 12.9. The van der Waals surface area contributed by atoms with E-state index in [1.165, 1.54) is 0 Å². The van der Waals surface area contributed by atoms with Crippen LogP contribution in [-0.4, -0.2) is 23.7 Å². The molecule has 1 N–H and O–H groups in total. The molecule has 1 aromatic rings. The van der Waals surface area contributed by atoms with Gasteiger partial charge in [-0.1, -0.05) is 25.4 Å². The van der Waals surface area contributed by atoms with Gasteiger partial charge in [-0.15, -0.1) is 0 Å². The Hall–Kier alpha value is -0.320. The second kappa shape index (κ2) is 4.36. The van der Waals surface area contributed by atoms with Crippen molar-refractivity contribution < 1.29 is 4.74 Å². The molecule has 18 heavy (non-hydrogen) atoms. The zero-order valence-electron chi connectivity index (χ0n) is 10.4. The standard InChI is InChI=1S/C13H16BrClN2O/c1-13(2)10(8-3-4-18-11(8)13)17-9-5-7(15)6-16-12(9)14/h5-6,8,10-11,17H,3-4H2,1-2H3. The van der Waals surface area contributed by atoms with Crippen LogP contribution in [-0.2, 0) is 4.74 Å². The molecule has 0 amide bonds. The average molecular weight is 332 g/mol. The van der Waals surface area contributed by atoms with Crippen molar-refractivity contribution >= 4 is 33.2 Å². The Bertz CT molecular complexity index is 480. The van der Waals surface area contributed by atoms with Crippen LogP contribution in [0.3, 0.4) is 0 Å². The van der Waals surface area contributed by atoms with Gasteiger partial charge in [0.05, 0.1) is 16.8 Å². The van der Waals surface area contributed by atoms with Gasteiger partial charge in [0.25, 0.3) is 0 Å². The lowest BCUT2D eigenvalue weighted by molar-refractivity contribution is -0.0923. The predicted octanol–water partition coefficient (Wildman–Crippen LogP) is 3.72. The quantitative estimate of drug-likeness (QED) is 0.839. The lowest BCUT2D eigenvalue weighted by atomic mass is 9.57. The van der Waals surface area contributed by atoms with E-state index in [4.69, 9.17) is 16.3 Å². The topological polar surface area (TPSA) is 34.2 Å². The highest BCUT2D eigenvalue weighted by molar-refractivity contribution is 9.10. The third-order valence-corrected chi connectivity index (χ3v) is 5.06. The highest BCUT2D eigenvalue weighted by atomic mass is 79.9. The number of hydrogen-bond donors (Lipinski definition) is 1. The summed E-state index contributed by atoms with van der Waals surface area (Å²) in [6.45, 7) is 5.39. The van der Waals surface area contributed by atoms with Crippen LogP contribution >= 0.6 is 27.5 Å². The van der Waals surface area contributed by atoms with Gasteiger partial charge in [0.15, 0.2) is 0 Å². The normalized spacial score (nSPS) is 32.8. The molecule has 0 spiro atoms. The number of hydrogen-bond acceptors (Lipinski definition) is 3. The second-order valence-corrected chi connectivity index (χ2v) is 6.87. The molecule has 1 aromatic heterocycles. The Balaban J connectivity index is 1.82. The van der Waals surface area contributed by atoms with Crippen molar-refractivity contribution in [2.75, 3.05) is 11.9 Å². The fourth-order valence-corrected chi connectivity index (χ4v) is 3.80. The number of nitrogens with zero attached hydrogens (tertiary/aromatic N) is 1. The molecule has 1 saturated carbocycles. The van der Waals surface area contributed by atoms with E-state index >= 15 is 0 Å². The molecular formula is C13H16BrClN2O. The van der Waals surface area contributed by atoms with Gasteiger partial charge in [0.2, 0.25) is 0 Å². The van der Waals surface area contributed by atoms with E-state index in [2.05, 4.69) is 40.1 Å². The first-order valence-electron chi connectivity index (χ1n) is 6.19. The first-order valence-corrected chi connectivity index (χ1v) is 7.36. The molecule has 3 unspecified atom stereocenters. The van der Waals surface area contributed by atoms with E-state index in [1.54, 1.807) is 6.20 Å². The molecule has 0 bridgehead atoms. The van der Waals surface area contributed by atoms with Gasteiger partial charge in [-0.05, 0) is 28.4 Å². The summed E-state index contributed by atoms with van der Waals surface area (Å²) in [5, 5.41) is 4.23. The number of ether oxygens (including phenoxy) is 1.